The molecule has 3 rings (SSSR count). The lowest BCUT2D eigenvalue weighted by atomic mass is 10.1. The number of amides is 3. The van der Waals surface area contributed by atoms with Gasteiger partial charge in [-0.05, 0) is 74.7 Å². The lowest BCUT2D eigenvalue weighted by Crippen LogP contribution is -2.30. The first-order valence-electron chi connectivity index (χ1n) is 9.40. The molecule has 0 saturated heterocycles. The SMILES string of the molecule is CC(=O)N1CCc2cc(C(=O)Nc3ccc(C(=O)NC(C)C)c(C)c3)ccc21. The minimum absolute atomic E-state index is 0.00743. The van der Waals surface area contributed by atoms with Crippen LogP contribution < -0.4 is 15.5 Å². The van der Waals surface area contributed by atoms with Crippen molar-refractivity contribution in [3.8, 4) is 0 Å². The molecule has 0 aromatic heterocycles. The van der Waals surface area contributed by atoms with Crippen molar-refractivity contribution in [2.24, 2.45) is 0 Å². The minimum atomic E-state index is -0.220. The zero-order valence-corrected chi connectivity index (χ0v) is 16.6. The van der Waals surface area contributed by atoms with Crippen LogP contribution in [-0.4, -0.2) is 30.3 Å². The summed E-state index contributed by atoms with van der Waals surface area (Å²) in [6, 6.07) is 10.7. The van der Waals surface area contributed by atoms with E-state index in [2.05, 4.69) is 10.6 Å². The number of carbonyl (C=O) groups is 3. The molecule has 146 valence electrons. The minimum Gasteiger partial charge on any atom is -0.350 e. The number of hydrogen-bond acceptors (Lipinski definition) is 3. The number of anilines is 2. The largest absolute Gasteiger partial charge is 0.350 e. The number of hydrogen-bond donors (Lipinski definition) is 2. The summed E-state index contributed by atoms with van der Waals surface area (Å²) in [6.07, 6.45) is 0.745. The Labute approximate surface area is 164 Å². The second kappa shape index (κ2) is 7.84. The molecule has 6 heteroatoms. The molecule has 0 bridgehead atoms. The van der Waals surface area contributed by atoms with Crippen LogP contribution in [0.25, 0.3) is 0 Å². The van der Waals surface area contributed by atoms with Crippen LogP contribution in [0.5, 0.6) is 0 Å². The Morgan fingerprint density at radius 1 is 1.04 bits per heavy atom. The normalized spacial score (nSPS) is 12.7. The number of fused-ring (bicyclic) bond motifs is 1. The summed E-state index contributed by atoms with van der Waals surface area (Å²) in [5.41, 5.74) is 4.44. The van der Waals surface area contributed by atoms with Gasteiger partial charge in [-0.15, -0.1) is 0 Å². The Bertz CT molecular complexity index is 950. The quantitative estimate of drug-likeness (QED) is 0.856. The van der Waals surface area contributed by atoms with Crippen LogP contribution in [0.4, 0.5) is 11.4 Å². The second-order valence-electron chi connectivity index (χ2n) is 7.38. The van der Waals surface area contributed by atoms with Gasteiger partial charge in [0.25, 0.3) is 11.8 Å². The Kier molecular flexibility index (Phi) is 5.49. The molecular formula is C22H25N3O3. The summed E-state index contributed by atoms with van der Waals surface area (Å²) in [4.78, 5) is 38.2. The van der Waals surface area contributed by atoms with Gasteiger partial charge in [0.1, 0.15) is 0 Å². The van der Waals surface area contributed by atoms with E-state index in [1.54, 1.807) is 36.1 Å². The van der Waals surface area contributed by atoms with E-state index in [-0.39, 0.29) is 23.8 Å². The Morgan fingerprint density at radius 2 is 1.79 bits per heavy atom. The summed E-state index contributed by atoms with van der Waals surface area (Å²) >= 11 is 0. The van der Waals surface area contributed by atoms with E-state index in [4.69, 9.17) is 0 Å². The zero-order chi connectivity index (χ0) is 20.4. The Balaban J connectivity index is 1.74. The van der Waals surface area contributed by atoms with Crippen molar-refractivity contribution >= 4 is 29.1 Å². The predicted molar refractivity (Wildman–Crippen MR) is 110 cm³/mol. The number of benzene rings is 2. The van der Waals surface area contributed by atoms with Gasteiger partial charge < -0.3 is 15.5 Å². The Morgan fingerprint density at radius 3 is 2.43 bits per heavy atom. The lowest BCUT2D eigenvalue weighted by Gasteiger charge is -2.15. The van der Waals surface area contributed by atoms with Crippen molar-refractivity contribution in [1.29, 1.82) is 0 Å². The lowest BCUT2D eigenvalue weighted by molar-refractivity contribution is -0.116. The van der Waals surface area contributed by atoms with E-state index in [1.807, 2.05) is 32.9 Å². The highest BCUT2D eigenvalue weighted by atomic mass is 16.2. The van der Waals surface area contributed by atoms with Crippen LogP contribution in [0.15, 0.2) is 36.4 Å². The molecule has 0 atom stereocenters. The fourth-order valence-corrected chi connectivity index (χ4v) is 3.41. The van der Waals surface area contributed by atoms with Crippen LogP contribution in [0, 0.1) is 6.92 Å². The first-order chi connectivity index (χ1) is 13.3. The van der Waals surface area contributed by atoms with Gasteiger partial charge in [0, 0.05) is 42.0 Å². The van der Waals surface area contributed by atoms with Gasteiger partial charge in [-0.2, -0.15) is 0 Å². The highest BCUT2D eigenvalue weighted by molar-refractivity contribution is 6.05. The van der Waals surface area contributed by atoms with E-state index < -0.39 is 0 Å². The summed E-state index contributed by atoms with van der Waals surface area (Å²) < 4.78 is 0. The number of nitrogens with one attached hydrogen (secondary N) is 2. The maximum atomic E-state index is 12.6. The fraction of sp³-hybridized carbons (Fsp3) is 0.318. The number of rotatable bonds is 4. The van der Waals surface area contributed by atoms with Gasteiger partial charge in [0.2, 0.25) is 5.91 Å². The summed E-state index contributed by atoms with van der Waals surface area (Å²) in [6.45, 7) is 7.86. The first-order valence-corrected chi connectivity index (χ1v) is 9.40. The molecule has 1 aliphatic rings. The third-order valence-electron chi connectivity index (χ3n) is 4.77. The van der Waals surface area contributed by atoms with Crippen molar-refractivity contribution in [2.45, 2.75) is 40.2 Å². The van der Waals surface area contributed by atoms with Crippen molar-refractivity contribution in [1.82, 2.24) is 5.32 Å². The standard InChI is InChI=1S/C22H25N3O3/c1-13(2)23-22(28)19-7-6-18(11-14(19)3)24-21(27)17-5-8-20-16(12-17)9-10-25(20)15(4)26/h5-8,11-13H,9-10H2,1-4H3,(H,23,28)(H,24,27). The molecule has 0 spiro atoms. The molecule has 2 aromatic rings. The molecule has 3 amide bonds. The number of nitrogens with zero attached hydrogens (tertiary/aromatic N) is 1. The number of aryl methyl sites for hydroxylation is 1. The van der Waals surface area contributed by atoms with Crippen molar-refractivity contribution in [2.75, 3.05) is 16.8 Å². The van der Waals surface area contributed by atoms with Crippen molar-refractivity contribution in [3.63, 3.8) is 0 Å². The van der Waals surface area contributed by atoms with Gasteiger partial charge in [-0.1, -0.05) is 0 Å². The number of carbonyl (C=O) groups excluding carboxylic acids is 3. The molecule has 1 heterocycles. The zero-order valence-electron chi connectivity index (χ0n) is 16.6. The van der Waals surface area contributed by atoms with Gasteiger partial charge in [0.15, 0.2) is 0 Å². The van der Waals surface area contributed by atoms with Crippen LogP contribution in [-0.2, 0) is 11.2 Å². The molecule has 0 fully saturated rings. The molecule has 0 radical (unpaired) electrons. The first kappa shape index (κ1) is 19.6. The summed E-state index contributed by atoms with van der Waals surface area (Å²) in [5, 5.41) is 5.75. The maximum Gasteiger partial charge on any atom is 0.255 e. The van der Waals surface area contributed by atoms with E-state index in [0.29, 0.717) is 23.4 Å². The van der Waals surface area contributed by atoms with Crippen LogP contribution >= 0.6 is 0 Å². The van der Waals surface area contributed by atoms with Crippen molar-refractivity contribution < 1.29 is 14.4 Å². The average molecular weight is 379 g/mol. The Hall–Kier alpha value is -3.15. The van der Waals surface area contributed by atoms with E-state index in [9.17, 15) is 14.4 Å². The second-order valence-corrected chi connectivity index (χ2v) is 7.38. The van der Waals surface area contributed by atoms with E-state index >= 15 is 0 Å². The summed E-state index contributed by atoms with van der Waals surface area (Å²) in [7, 11) is 0. The monoisotopic (exact) mass is 379 g/mol. The highest BCUT2D eigenvalue weighted by Gasteiger charge is 2.23. The molecule has 28 heavy (non-hydrogen) atoms. The van der Waals surface area contributed by atoms with Crippen molar-refractivity contribution in [3.05, 3.63) is 58.7 Å². The van der Waals surface area contributed by atoms with Gasteiger partial charge in [-0.3, -0.25) is 14.4 Å². The molecule has 1 aliphatic heterocycles. The molecule has 0 saturated carbocycles. The van der Waals surface area contributed by atoms with E-state index in [1.165, 1.54) is 0 Å². The van der Waals surface area contributed by atoms with Crippen LogP contribution in [0.1, 0.15) is 52.6 Å². The van der Waals surface area contributed by atoms with Gasteiger partial charge in [-0.25, -0.2) is 0 Å². The molecular weight excluding hydrogens is 354 g/mol. The van der Waals surface area contributed by atoms with Crippen LogP contribution in [0.2, 0.25) is 0 Å². The molecule has 2 aromatic carbocycles. The van der Waals surface area contributed by atoms with Gasteiger partial charge in [0.05, 0.1) is 0 Å². The molecule has 0 aliphatic carbocycles. The van der Waals surface area contributed by atoms with Gasteiger partial charge >= 0.3 is 0 Å². The molecule has 6 nitrogen and oxygen atoms in total. The third-order valence-corrected chi connectivity index (χ3v) is 4.77. The fourth-order valence-electron chi connectivity index (χ4n) is 3.41. The van der Waals surface area contributed by atoms with Crippen LogP contribution in [0.3, 0.4) is 0 Å². The topological polar surface area (TPSA) is 78.5 Å². The smallest absolute Gasteiger partial charge is 0.255 e. The molecule has 0 unspecified atom stereocenters. The average Bonchev–Trinajstić information content (AvgIpc) is 3.04. The predicted octanol–water partition coefficient (Wildman–Crippen LogP) is 3.29. The molecule has 2 N–H and O–H groups in total. The summed E-state index contributed by atoms with van der Waals surface area (Å²) in [5.74, 6) is -0.338. The highest BCUT2D eigenvalue weighted by Crippen LogP contribution is 2.29. The third kappa shape index (κ3) is 4.06. The van der Waals surface area contributed by atoms with E-state index in [0.717, 1.165) is 23.2 Å². The maximum absolute atomic E-state index is 12.6.